The molecule has 2 fully saturated rings. The topological polar surface area (TPSA) is 56.6 Å². The number of fused-ring (bicyclic) bond motifs is 1. The zero-order chi connectivity index (χ0) is 21.2. The Hall–Kier alpha value is -3.22. The average molecular weight is 419 g/mol. The molecule has 0 radical (unpaired) electrons. The van der Waals surface area contributed by atoms with E-state index in [1.165, 1.54) is 18.5 Å². The minimum atomic E-state index is 0.0566. The molecule has 7 nitrogen and oxygen atoms in total. The molecule has 1 N–H and O–H groups in total. The first kappa shape index (κ1) is 19.7. The monoisotopic (exact) mass is 418 g/mol. The van der Waals surface area contributed by atoms with Gasteiger partial charge in [-0.2, -0.15) is 0 Å². The molecular formula is C24H30N6O. The van der Waals surface area contributed by atoms with E-state index >= 15 is 0 Å². The third-order valence-corrected chi connectivity index (χ3v) is 6.36. The van der Waals surface area contributed by atoms with Crippen molar-refractivity contribution in [3.05, 3.63) is 48.8 Å². The molecule has 0 bridgehead atoms. The Morgan fingerprint density at radius 2 is 1.81 bits per heavy atom. The molecule has 0 unspecified atom stereocenters. The van der Waals surface area contributed by atoms with Crippen molar-refractivity contribution in [2.45, 2.75) is 19.8 Å². The zero-order valence-corrected chi connectivity index (χ0v) is 18.1. The lowest BCUT2D eigenvalue weighted by molar-refractivity contribution is 0.197. The molecule has 0 saturated carbocycles. The van der Waals surface area contributed by atoms with Gasteiger partial charge in [0.2, 0.25) is 0 Å². The highest BCUT2D eigenvalue weighted by atomic mass is 16.2. The SMILES string of the molecule is CCNc1cccnc1N1CCN(C(=O)n2ccc3ccc(N4CCCC4)cc32)CC1. The molecule has 4 heterocycles. The van der Waals surface area contributed by atoms with Gasteiger partial charge in [0.05, 0.1) is 11.2 Å². The molecule has 2 aliphatic heterocycles. The molecule has 0 atom stereocenters. The summed E-state index contributed by atoms with van der Waals surface area (Å²) in [6.07, 6.45) is 6.23. The summed E-state index contributed by atoms with van der Waals surface area (Å²) in [6.45, 7) is 8.08. The highest BCUT2D eigenvalue weighted by molar-refractivity contribution is 5.93. The van der Waals surface area contributed by atoms with Crippen molar-refractivity contribution in [2.24, 2.45) is 0 Å². The predicted octanol–water partition coefficient (Wildman–Crippen LogP) is 3.86. The van der Waals surface area contributed by atoms with Crippen LogP contribution < -0.4 is 15.1 Å². The van der Waals surface area contributed by atoms with E-state index in [2.05, 4.69) is 51.3 Å². The first-order chi connectivity index (χ1) is 15.2. The number of piperazine rings is 1. The van der Waals surface area contributed by atoms with Crippen molar-refractivity contribution in [3.8, 4) is 0 Å². The van der Waals surface area contributed by atoms with Crippen molar-refractivity contribution in [1.29, 1.82) is 0 Å². The predicted molar refractivity (Wildman–Crippen MR) is 126 cm³/mol. The van der Waals surface area contributed by atoms with Crippen LogP contribution >= 0.6 is 0 Å². The van der Waals surface area contributed by atoms with Crippen molar-refractivity contribution in [3.63, 3.8) is 0 Å². The molecule has 0 spiro atoms. The van der Waals surface area contributed by atoms with Gasteiger partial charge in [-0.3, -0.25) is 4.57 Å². The second-order valence-corrected chi connectivity index (χ2v) is 8.28. The number of carbonyl (C=O) groups is 1. The number of nitrogens with zero attached hydrogens (tertiary/aromatic N) is 5. The molecule has 1 amide bonds. The summed E-state index contributed by atoms with van der Waals surface area (Å²) < 4.78 is 1.81. The van der Waals surface area contributed by atoms with E-state index in [9.17, 15) is 4.79 Å². The summed E-state index contributed by atoms with van der Waals surface area (Å²) in [5.41, 5.74) is 3.26. The van der Waals surface area contributed by atoms with E-state index in [1.54, 1.807) is 0 Å². The average Bonchev–Trinajstić information content (AvgIpc) is 3.49. The Bertz CT molecular complexity index is 1060. The van der Waals surface area contributed by atoms with Crippen LogP contribution in [-0.2, 0) is 0 Å². The normalized spacial score (nSPS) is 16.9. The van der Waals surface area contributed by atoms with Gasteiger partial charge in [0.1, 0.15) is 0 Å². The number of nitrogens with one attached hydrogen (secondary N) is 1. The Kier molecular flexibility index (Phi) is 5.40. The molecule has 2 aliphatic rings. The summed E-state index contributed by atoms with van der Waals surface area (Å²) in [5.74, 6) is 0.970. The van der Waals surface area contributed by atoms with Crippen molar-refractivity contribution >= 4 is 34.1 Å². The third-order valence-electron chi connectivity index (χ3n) is 6.36. The highest BCUT2D eigenvalue weighted by Crippen LogP contribution is 2.27. The van der Waals surface area contributed by atoms with Gasteiger partial charge in [-0.25, -0.2) is 9.78 Å². The van der Waals surface area contributed by atoms with Gasteiger partial charge in [-0.1, -0.05) is 6.07 Å². The lowest BCUT2D eigenvalue weighted by Gasteiger charge is -2.36. The third kappa shape index (κ3) is 3.80. The van der Waals surface area contributed by atoms with Gasteiger partial charge in [0, 0.05) is 69.3 Å². The molecule has 0 aliphatic carbocycles. The molecule has 2 saturated heterocycles. The molecule has 5 rings (SSSR count). The number of carbonyl (C=O) groups excluding carboxylic acids is 1. The van der Waals surface area contributed by atoms with Crippen LogP contribution in [0.1, 0.15) is 19.8 Å². The summed E-state index contributed by atoms with van der Waals surface area (Å²) in [4.78, 5) is 24.6. The molecule has 31 heavy (non-hydrogen) atoms. The number of anilines is 3. The molecule has 7 heteroatoms. The smallest absolute Gasteiger partial charge is 0.328 e. The van der Waals surface area contributed by atoms with Crippen LogP contribution in [0.25, 0.3) is 10.9 Å². The summed E-state index contributed by atoms with van der Waals surface area (Å²) in [5, 5.41) is 4.50. The van der Waals surface area contributed by atoms with E-state index in [1.807, 2.05) is 34.0 Å². The molecule has 162 valence electrons. The quantitative estimate of drug-likeness (QED) is 0.697. The maximum atomic E-state index is 13.3. The fourth-order valence-electron chi connectivity index (χ4n) is 4.69. The molecule has 2 aromatic heterocycles. The largest absolute Gasteiger partial charge is 0.382 e. The van der Waals surface area contributed by atoms with Crippen LogP contribution in [0.5, 0.6) is 0 Å². The summed E-state index contributed by atoms with van der Waals surface area (Å²) >= 11 is 0. The molecule has 1 aromatic carbocycles. The number of hydrogen-bond acceptors (Lipinski definition) is 5. The lowest BCUT2D eigenvalue weighted by Crippen LogP contribution is -2.50. The maximum Gasteiger partial charge on any atom is 0.328 e. The van der Waals surface area contributed by atoms with Gasteiger partial charge >= 0.3 is 6.03 Å². The van der Waals surface area contributed by atoms with E-state index < -0.39 is 0 Å². The lowest BCUT2D eigenvalue weighted by atomic mass is 10.2. The van der Waals surface area contributed by atoms with Crippen LogP contribution in [0.15, 0.2) is 48.8 Å². The first-order valence-electron chi connectivity index (χ1n) is 11.3. The van der Waals surface area contributed by atoms with Crippen molar-refractivity contribution in [1.82, 2.24) is 14.5 Å². The molecule has 3 aromatic rings. The number of rotatable bonds is 4. The van der Waals surface area contributed by atoms with E-state index in [0.717, 1.165) is 55.1 Å². The Morgan fingerprint density at radius 1 is 1.00 bits per heavy atom. The zero-order valence-electron chi connectivity index (χ0n) is 18.1. The highest BCUT2D eigenvalue weighted by Gasteiger charge is 2.25. The summed E-state index contributed by atoms with van der Waals surface area (Å²) in [7, 11) is 0. The maximum absolute atomic E-state index is 13.3. The fourth-order valence-corrected chi connectivity index (χ4v) is 4.69. The standard InChI is InChI=1S/C24H30N6O/c1-2-25-21-6-5-10-26-23(21)28-14-16-29(17-15-28)24(31)30-13-9-19-7-8-20(18-22(19)30)27-11-3-4-12-27/h5-10,13,18,25H,2-4,11-12,14-17H2,1H3. The van der Waals surface area contributed by atoms with Crippen molar-refractivity contribution < 1.29 is 4.79 Å². The Morgan fingerprint density at radius 3 is 2.58 bits per heavy atom. The second kappa shape index (κ2) is 8.49. The Labute approximate surface area is 183 Å². The van der Waals surface area contributed by atoms with Crippen LogP contribution in [0.3, 0.4) is 0 Å². The van der Waals surface area contributed by atoms with Crippen molar-refractivity contribution in [2.75, 3.05) is 60.9 Å². The first-order valence-corrected chi connectivity index (χ1v) is 11.3. The number of benzene rings is 1. The van der Waals surface area contributed by atoms with Crippen LogP contribution in [0.4, 0.5) is 22.0 Å². The van der Waals surface area contributed by atoms with Gasteiger partial charge in [-0.05, 0) is 50.1 Å². The number of amides is 1. The minimum Gasteiger partial charge on any atom is -0.382 e. The van der Waals surface area contributed by atoms with Gasteiger partial charge < -0.3 is 20.0 Å². The second-order valence-electron chi connectivity index (χ2n) is 8.28. The van der Waals surface area contributed by atoms with Gasteiger partial charge in [0.25, 0.3) is 0 Å². The van der Waals surface area contributed by atoms with Crippen LogP contribution in [0, 0.1) is 0 Å². The summed E-state index contributed by atoms with van der Waals surface area (Å²) in [6, 6.07) is 12.6. The van der Waals surface area contributed by atoms with Crippen LogP contribution in [0.2, 0.25) is 0 Å². The molecular weight excluding hydrogens is 388 g/mol. The number of pyridine rings is 1. The minimum absolute atomic E-state index is 0.0566. The number of aromatic nitrogens is 2. The Balaban J connectivity index is 1.32. The number of hydrogen-bond donors (Lipinski definition) is 1. The van der Waals surface area contributed by atoms with E-state index in [0.29, 0.717) is 13.1 Å². The van der Waals surface area contributed by atoms with Gasteiger partial charge in [-0.15, -0.1) is 0 Å². The van der Waals surface area contributed by atoms with Gasteiger partial charge in [0.15, 0.2) is 5.82 Å². The van der Waals surface area contributed by atoms with E-state index in [4.69, 9.17) is 0 Å². The van der Waals surface area contributed by atoms with Crippen LogP contribution in [-0.4, -0.2) is 66.3 Å². The fraction of sp³-hybridized carbons (Fsp3) is 0.417. The van der Waals surface area contributed by atoms with E-state index in [-0.39, 0.29) is 6.03 Å².